The Labute approximate surface area is 169 Å². The van der Waals surface area contributed by atoms with E-state index in [1.807, 2.05) is 12.3 Å². The van der Waals surface area contributed by atoms with Crippen LogP contribution in [0.4, 0.5) is 17.5 Å². The minimum absolute atomic E-state index is 0.433. The largest absolute Gasteiger partial charge is 0.383 e. The third-order valence-electron chi connectivity index (χ3n) is 4.64. The Morgan fingerprint density at radius 1 is 1.07 bits per heavy atom. The lowest BCUT2D eigenvalue weighted by Gasteiger charge is -2.28. The summed E-state index contributed by atoms with van der Waals surface area (Å²) in [6, 6.07) is 10.1. The van der Waals surface area contributed by atoms with E-state index in [-0.39, 0.29) is 0 Å². The van der Waals surface area contributed by atoms with Crippen molar-refractivity contribution >= 4 is 40.0 Å². The zero-order valence-corrected chi connectivity index (χ0v) is 16.5. The first-order chi connectivity index (χ1) is 13.7. The van der Waals surface area contributed by atoms with Crippen molar-refractivity contribution in [2.75, 3.05) is 54.9 Å². The van der Waals surface area contributed by atoms with Crippen LogP contribution in [0, 0.1) is 6.92 Å². The Morgan fingerprint density at radius 3 is 2.75 bits per heavy atom. The van der Waals surface area contributed by atoms with Crippen LogP contribution < -0.4 is 15.5 Å². The predicted octanol–water partition coefficient (Wildman–Crippen LogP) is 3.35. The molecule has 1 saturated heterocycles. The summed E-state index contributed by atoms with van der Waals surface area (Å²) in [5, 5.41) is 8.25. The molecule has 1 aromatic carbocycles. The summed E-state index contributed by atoms with van der Waals surface area (Å²) in [6.07, 6.45) is 1.83. The van der Waals surface area contributed by atoms with Crippen LogP contribution in [0.2, 0.25) is 5.15 Å². The molecular formula is C20H23ClN6O. The monoisotopic (exact) mass is 398 g/mol. The van der Waals surface area contributed by atoms with E-state index in [0.29, 0.717) is 30.9 Å². The van der Waals surface area contributed by atoms with Crippen molar-refractivity contribution in [3.63, 3.8) is 0 Å². The highest BCUT2D eigenvalue weighted by atomic mass is 35.5. The van der Waals surface area contributed by atoms with E-state index in [1.165, 1.54) is 5.56 Å². The van der Waals surface area contributed by atoms with Crippen LogP contribution in [0.1, 0.15) is 5.56 Å². The van der Waals surface area contributed by atoms with Gasteiger partial charge in [0.05, 0.1) is 18.7 Å². The van der Waals surface area contributed by atoms with Crippen LogP contribution in [0.3, 0.4) is 0 Å². The van der Waals surface area contributed by atoms with Gasteiger partial charge in [-0.2, -0.15) is 4.98 Å². The molecule has 0 saturated carbocycles. The lowest BCUT2D eigenvalue weighted by Crippen LogP contribution is -2.36. The van der Waals surface area contributed by atoms with Crippen molar-refractivity contribution in [3.8, 4) is 0 Å². The highest BCUT2D eigenvalue weighted by Gasteiger charge is 2.14. The molecule has 0 bridgehead atoms. The molecular weight excluding hydrogens is 376 g/mol. The topological polar surface area (TPSA) is 75.2 Å². The Bertz CT molecular complexity index is 961. The van der Waals surface area contributed by atoms with Gasteiger partial charge in [0.25, 0.3) is 0 Å². The first-order valence-corrected chi connectivity index (χ1v) is 9.77. The van der Waals surface area contributed by atoms with Crippen LogP contribution in [-0.2, 0) is 4.74 Å². The average molecular weight is 399 g/mol. The van der Waals surface area contributed by atoms with Crippen molar-refractivity contribution in [3.05, 3.63) is 47.2 Å². The number of rotatable bonds is 6. The van der Waals surface area contributed by atoms with Gasteiger partial charge in [0.2, 0.25) is 5.95 Å². The summed E-state index contributed by atoms with van der Waals surface area (Å²) in [4.78, 5) is 15.5. The minimum Gasteiger partial charge on any atom is -0.383 e. The van der Waals surface area contributed by atoms with E-state index < -0.39 is 0 Å². The second-order valence-corrected chi connectivity index (χ2v) is 7.09. The van der Waals surface area contributed by atoms with Crippen molar-refractivity contribution in [1.29, 1.82) is 0 Å². The standard InChI is InChI=1S/C20H23ClN6O/c1-14-2-3-15-16(4-5-22-17(15)12-14)23-6-7-24-20-25-18(21)13-19(26-20)27-8-10-28-11-9-27/h2-5,12-13H,6-11H2,1H3,(H,22,23)(H,24,25,26). The molecule has 4 rings (SSSR count). The van der Waals surface area contributed by atoms with Crippen LogP contribution in [0.25, 0.3) is 10.9 Å². The third kappa shape index (κ3) is 4.43. The molecule has 1 aliphatic heterocycles. The van der Waals surface area contributed by atoms with Crippen LogP contribution >= 0.6 is 11.6 Å². The molecule has 2 N–H and O–H groups in total. The van der Waals surface area contributed by atoms with Crippen LogP contribution in [0.5, 0.6) is 0 Å². The van der Waals surface area contributed by atoms with Crippen LogP contribution in [-0.4, -0.2) is 54.3 Å². The normalized spacial score (nSPS) is 14.3. The number of aryl methyl sites for hydroxylation is 1. The van der Waals surface area contributed by atoms with Gasteiger partial charge in [0, 0.05) is 49.5 Å². The van der Waals surface area contributed by atoms with Gasteiger partial charge < -0.3 is 20.3 Å². The lowest BCUT2D eigenvalue weighted by molar-refractivity contribution is 0.122. The maximum atomic E-state index is 6.18. The van der Waals surface area contributed by atoms with Crippen molar-refractivity contribution in [1.82, 2.24) is 15.0 Å². The molecule has 28 heavy (non-hydrogen) atoms. The van der Waals surface area contributed by atoms with E-state index in [4.69, 9.17) is 16.3 Å². The number of benzene rings is 1. The number of hydrogen-bond acceptors (Lipinski definition) is 7. The number of ether oxygens (including phenoxy) is 1. The lowest BCUT2D eigenvalue weighted by atomic mass is 10.1. The Kier molecular flexibility index (Phi) is 5.73. The number of hydrogen-bond donors (Lipinski definition) is 2. The fourth-order valence-electron chi connectivity index (χ4n) is 3.22. The summed E-state index contributed by atoms with van der Waals surface area (Å²) in [5.41, 5.74) is 3.26. The molecule has 0 radical (unpaired) electrons. The molecule has 3 heterocycles. The molecule has 7 nitrogen and oxygen atoms in total. The molecule has 0 amide bonds. The minimum atomic E-state index is 0.433. The maximum Gasteiger partial charge on any atom is 0.226 e. The SMILES string of the molecule is Cc1ccc2c(NCCNc3nc(Cl)cc(N4CCOCC4)n3)ccnc2c1. The molecule has 3 aromatic rings. The van der Waals surface area contributed by atoms with E-state index >= 15 is 0 Å². The average Bonchev–Trinajstić information content (AvgIpc) is 2.71. The quantitative estimate of drug-likeness (QED) is 0.487. The van der Waals surface area contributed by atoms with Gasteiger partial charge in [-0.1, -0.05) is 23.7 Å². The van der Waals surface area contributed by atoms with Crippen molar-refractivity contribution < 1.29 is 4.74 Å². The van der Waals surface area contributed by atoms with Gasteiger partial charge in [0.1, 0.15) is 11.0 Å². The van der Waals surface area contributed by atoms with E-state index in [0.717, 1.165) is 42.0 Å². The molecule has 1 fully saturated rings. The number of morpholine rings is 1. The molecule has 146 valence electrons. The van der Waals surface area contributed by atoms with Crippen LogP contribution in [0.15, 0.2) is 36.5 Å². The van der Waals surface area contributed by atoms with E-state index in [1.54, 1.807) is 6.07 Å². The number of halogens is 1. The molecule has 2 aromatic heterocycles. The van der Waals surface area contributed by atoms with Gasteiger partial charge in [-0.05, 0) is 24.6 Å². The number of nitrogens with one attached hydrogen (secondary N) is 2. The molecule has 0 aliphatic carbocycles. The molecule has 0 atom stereocenters. The fourth-order valence-corrected chi connectivity index (χ4v) is 3.40. The van der Waals surface area contributed by atoms with Crippen molar-refractivity contribution in [2.24, 2.45) is 0 Å². The summed E-state index contributed by atoms with van der Waals surface area (Å²) >= 11 is 6.18. The fraction of sp³-hybridized carbons (Fsp3) is 0.350. The molecule has 8 heteroatoms. The Hall–Kier alpha value is -2.64. The van der Waals surface area contributed by atoms with Gasteiger partial charge in [-0.3, -0.25) is 4.98 Å². The molecule has 0 unspecified atom stereocenters. The maximum absolute atomic E-state index is 6.18. The Balaban J connectivity index is 1.37. The highest BCUT2D eigenvalue weighted by Crippen LogP contribution is 2.22. The van der Waals surface area contributed by atoms with Gasteiger partial charge >= 0.3 is 0 Å². The molecule has 1 aliphatic rings. The highest BCUT2D eigenvalue weighted by molar-refractivity contribution is 6.29. The first kappa shape index (κ1) is 18.7. The summed E-state index contributed by atoms with van der Waals surface area (Å²) in [6.45, 7) is 6.48. The smallest absolute Gasteiger partial charge is 0.226 e. The number of aromatic nitrogens is 3. The number of nitrogens with zero attached hydrogens (tertiary/aromatic N) is 4. The summed E-state index contributed by atoms with van der Waals surface area (Å²) < 4.78 is 5.39. The predicted molar refractivity (Wildman–Crippen MR) is 114 cm³/mol. The summed E-state index contributed by atoms with van der Waals surface area (Å²) in [7, 11) is 0. The second-order valence-electron chi connectivity index (χ2n) is 6.70. The summed E-state index contributed by atoms with van der Waals surface area (Å²) in [5.74, 6) is 1.36. The Morgan fingerprint density at radius 2 is 1.89 bits per heavy atom. The van der Waals surface area contributed by atoms with Gasteiger partial charge in [0.15, 0.2) is 0 Å². The molecule has 0 spiro atoms. The zero-order valence-electron chi connectivity index (χ0n) is 15.8. The zero-order chi connectivity index (χ0) is 19.3. The first-order valence-electron chi connectivity index (χ1n) is 9.39. The number of pyridine rings is 1. The van der Waals surface area contributed by atoms with Crippen molar-refractivity contribution in [2.45, 2.75) is 6.92 Å². The van der Waals surface area contributed by atoms with Gasteiger partial charge in [-0.25, -0.2) is 4.98 Å². The van der Waals surface area contributed by atoms with Gasteiger partial charge in [-0.15, -0.1) is 0 Å². The van der Waals surface area contributed by atoms with E-state index in [9.17, 15) is 0 Å². The third-order valence-corrected chi connectivity index (χ3v) is 4.83. The second kappa shape index (κ2) is 8.58. The van der Waals surface area contributed by atoms with E-state index in [2.05, 4.69) is 55.6 Å². The number of anilines is 3. The number of fused-ring (bicyclic) bond motifs is 1.